The summed E-state index contributed by atoms with van der Waals surface area (Å²) in [6.07, 6.45) is 4.22. The zero-order chi connectivity index (χ0) is 14.7. The summed E-state index contributed by atoms with van der Waals surface area (Å²) in [5.74, 6) is 0.584. The van der Waals surface area contributed by atoms with Gasteiger partial charge in [-0.3, -0.25) is 4.79 Å². The zero-order valence-electron chi connectivity index (χ0n) is 12.6. The van der Waals surface area contributed by atoms with E-state index in [1.807, 2.05) is 18.2 Å². The molecule has 0 spiro atoms. The molecule has 3 atom stereocenters. The molecule has 1 saturated heterocycles. The number of carbonyl (C=O) groups is 1. The highest BCUT2D eigenvalue weighted by Crippen LogP contribution is 2.25. The molecule has 3 unspecified atom stereocenters. The van der Waals surface area contributed by atoms with Crippen molar-refractivity contribution in [2.75, 3.05) is 18.5 Å². The molecule has 4 heteroatoms. The fourth-order valence-electron chi connectivity index (χ4n) is 3.37. The van der Waals surface area contributed by atoms with Crippen LogP contribution in [0.1, 0.15) is 31.7 Å². The van der Waals surface area contributed by atoms with E-state index in [2.05, 4.69) is 23.6 Å². The second-order valence-corrected chi connectivity index (χ2v) is 6.00. The van der Waals surface area contributed by atoms with Crippen LogP contribution in [0.4, 0.5) is 5.69 Å². The highest BCUT2D eigenvalue weighted by atomic mass is 16.5. The monoisotopic (exact) mass is 288 g/mol. The van der Waals surface area contributed by atoms with Gasteiger partial charge in [-0.15, -0.1) is 0 Å². The highest BCUT2D eigenvalue weighted by Gasteiger charge is 2.29. The SMILES string of the molecule is CCC1OCCC1CNC(=O)C1CCc2ccccc2N1. The predicted octanol–water partition coefficient (Wildman–Crippen LogP) is 2.34. The number of para-hydroxylation sites is 1. The molecule has 1 aromatic carbocycles. The number of ether oxygens (including phenoxy) is 1. The summed E-state index contributed by atoms with van der Waals surface area (Å²) in [6.45, 7) is 3.70. The average Bonchev–Trinajstić information content (AvgIpc) is 2.99. The standard InChI is InChI=1S/C17H24N2O2/c1-2-16-13(9-10-21-16)11-18-17(20)15-8-7-12-5-3-4-6-14(12)19-15/h3-6,13,15-16,19H,2,7-11H2,1H3,(H,18,20). The van der Waals surface area contributed by atoms with Crippen molar-refractivity contribution in [3.05, 3.63) is 29.8 Å². The summed E-state index contributed by atoms with van der Waals surface area (Å²) in [6, 6.07) is 8.12. The van der Waals surface area contributed by atoms with Gasteiger partial charge in [-0.2, -0.15) is 0 Å². The van der Waals surface area contributed by atoms with Crippen LogP contribution in [-0.4, -0.2) is 31.2 Å². The van der Waals surface area contributed by atoms with Crippen molar-refractivity contribution in [2.24, 2.45) is 5.92 Å². The number of rotatable bonds is 4. The van der Waals surface area contributed by atoms with Gasteiger partial charge in [0.25, 0.3) is 0 Å². The largest absolute Gasteiger partial charge is 0.378 e. The second-order valence-electron chi connectivity index (χ2n) is 6.00. The molecule has 114 valence electrons. The van der Waals surface area contributed by atoms with Crippen LogP contribution >= 0.6 is 0 Å². The topological polar surface area (TPSA) is 50.4 Å². The van der Waals surface area contributed by atoms with Gasteiger partial charge in [-0.25, -0.2) is 0 Å². The van der Waals surface area contributed by atoms with Gasteiger partial charge in [0.15, 0.2) is 0 Å². The number of carbonyl (C=O) groups excluding carboxylic acids is 1. The lowest BCUT2D eigenvalue weighted by molar-refractivity contribution is -0.122. The van der Waals surface area contributed by atoms with Crippen LogP contribution in [0.3, 0.4) is 0 Å². The van der Waals surface area contributed by atoms with Gasteiger partial charge in [0.2, 0.25) is 5.91 Å². The van der Waals surface area contributed by atoms with Gasteiger partial charge in [0, 0.05) is 24.8 Å². The fraction of sp³-hybridized carbons (Fsp3) is 0.588. The Hall–Kier alpha value is -1.55. The Kier molecular flexibility index (Phi) is 4.44. The minimum absolute atomic E-state index is 0.109. The predicted molar refractivity (Wildman–Crippen MR) is 83.3 cm³/mol. The Morgan fingerprint density at radius 1 is 1.38 bits per heavy atom. The Morgan fingerprint density at radius 3 is 3.10 bits per heavy atom. The van der Waals surface area contributed by atoms with Gasteiger partial charge >= 0.3 is 0 Å². The number of amides is 1. The van der Waals surface area contributed by atoms with Gasteiger partial charge in [-0.05, 0) is 37.3 Å². The smallest absolute Gasteiger partial charge is 0.242 e. The Balaban J connectivity index is 1.52. The van der Waals surface area contributed by atoms with E-state index in [0.717, 1.165) is 44.5 Å². The van der Waals surface area contributed by atoms with E-state index >= 15 is 0 Å². The second kappa shape index (κ2) is 6.48. The number of fused-ring (bicyclic) bond motifs is 1. The van der Waals surface area contributed by atoms with Crippen molar-refractivity contribution < 1.29 is 9.53 Å². The van der Waals surface area contributed by atoms with Gasteiger partial charge in [0.05, 0.1) is 6.10 Å². The Labute approximate surface area is 126 Å². The summed E-state index contributed by atoms with van der Waals surface area (Å²) in [5, 5.41) is 6.46. The van der Waals surface area contributed by atoms with E-state index in [-0.39, 0.29) is 11.9 Å². The van der Waals surface area contributed by atoms with Crippen LogP contribution in [-0.2, 0) is 16.0 Å². The molecule has 0 bridgehead atoms. The average molecular weight is 288 g/mol. The van der Waals surface area contributed by atoms with Crippen LogP contribution in [0, 0.1) is 5.92 Å². The van der Waals surface area contributed by atoms with Crippen molar-refractivity contribution >= 4 is 11.6 Å². The van der Waals surface area contributed by atoms with E-state index in [4.69, 9.17) is 4.74 Å². The lowest BCUT2D eigenvalue weighted by Crippen LogP contribution is -2.44. The van der Waals surface area contributed by atoms with Gasteiger partial charge in [0.1, 0.15) is 6.04 Å². The van der Waals surface area contributed by atoms with Crippen LogP contribution in [0.15, 0.2) is 24.3 Å². The van der Waals surface area contributed by atoms with E-state index in [1.165, 1.54) is 5.56 Å². The quantitative estimate of drug-likeness (QED) is 0.894. The summed E-state index contributed by atoms with van der Waals surface area (Å²) < 4.78 is 5.67. The van der Waals surface area contributed by atoms with Crippen molar-refractivity contribution in [3.8, 4) is 0 Å². The molecule has 0 radical (unpaired) electrons. The van der Waals surface area contributed by atoms with Crippen LogP contribution < -0.4 is 10.6 Å². The first-order valence-electron chi connectivity index (χ1n) is 8.01. The van der Waals surface area contributed by atoms with Crippen molar-refractivity contribution in [1.82, 2.24) is 5.32 Å². The van der Waals surface area contributed by atoms with E-state index in [0.29, 0.717) is 12.0 Å². The highest BCUT2D eigenvalue weighted by molar-refractivity contribution is 5.85. The molecule has 2 aliphatic rings. The van der Waals surface area contributed by atoms with Crippen molar-refractivity contribution in [1.29, 1.82) is 0 Å². The summed E-state index contributed by atoms with van der Waals surface area (Å²) >= 11 is 0. The van der Waals surface area contributed by atoms with E-state index in [9.17, 15) is 4.79 Å². The summed E-state index contributed by atoms with van der Waals surface area (Å²) in [5.41, 5.74) is 2.40. The Bertz CT molecular complexity index is 503. The third kappa shape index (κ3) is 3.21. The number of anilines is 1. The zero-order valence-corrected chi connectivity index (χ0v) is 12.6. The van der Waals surface area contributed by atoms with Crippen LogP contribution in [0.2, 0.25) is 0 Å². The van der Waals surface area contributed by atoms with Crippen molar-refractivity contribution in [3.63, 3.8) is 0 Å². The molecular weight excluding hydrogens is 264 g/mol. The van der Waals surface area contributed by atoms with Crippen LogP contribution in [0.5, 0.6) is 0 Å². The molecule has 0 aromatic heterocycles. The Morgan fingerprint density at radius 2 is 2.24 bits per heavy atom. The number of hydrogen-bond acceptors (Lipinski definition) is 3. The number of benzene rings is 1. The molecule has 0 saturated carbocycles. The maximum absolute atomic E-state index is 12.3. The number of hydrogen-bond donors (Lipinski definition) is 2. The molecule has 1 aromatic rings. The molecule has 1 fully saturated rings. The minimum Gasteiger partial charge on any atom is -0.378 e. The van der Waals surface area contributed by atoms with Gasteiger partial charge < -0.3 is 15.4 Å². The molecule has 3 rings (SSSR count). The molecular formula is C17H24N2O2. The molecule has 1 amide bonds. The maximum Gasteiger partial charge on any atom is 0.242 e. The van der Waals surface area contributed by atoms with E-state index in [1.54, 1.807) is 0 Å². The first-order valence-corrected chi connectivity index (χ1v) is 8.01. The molecule has 21 heavy (non-hydrogen) atoms. The van der Waals surface area contributed by atoms with E-state index < -0.39 is 0 Å². The fourth-order valence-corrected chi connectivity index (χ4v) is 3.37. The first kappa shape index (κ1) is 14.4. The number of aryl methyl sites for hydroxylation is 1. The molecule has 4 nitrogen and oxygen atoms in total. The first-order chi connectivity index (χ1) is 10.3. The summed E-state index contributed by atoms with van der Waals surface area (Å²) in [7, 11) is 0. The molecule has 2 aliphatic heterocycles. The minimum atomic E-state index is -0.109. The number of nitrogens with one attached hydrogen (secondary N) is 2. The normalized spacial score (nSPS) is 27.8. The lowest BCUT2D eigenvalue weighted by atomic mass is 9.96. The molecule has 0 aliphatic carbocycles. The maximum atomic E-state index is 12.3. The summed E-state index contributed by atoms with van der Waals surface area (Å²) in [4.78, 5) is 12.3. The molecule has 2 heterocycles. The van der Waals surface area contributed by atoms with Crippen molar-refractivity contribution in [2.45, 2.75) is 44.8 Å². The third-order valence-corrected chi connectivity index (χ3v) is 4.65. The lowest BCUT2D eigenvalue weighted by Gasteiger charge is -2.27. The molecule has 2 N–H and O–H groups in total. The third-order valence-electron chi connectivity index (χ3n) is 4.65. The van der Waals surface area contributed by atoms with Gasteiger partial charge in [-0.1, -0.05) is 25.1 Å². The van der Waals surface area contributed by atoms with Crippen LogP contribution in [0.25, 0.3) is 0 Å².